The Morgan fingerprint density at radius 1 is 1.26 bits per heavy atom. The zero-order valence-corrected chi connectivity index (χ0v) is 22.2. The Morgan fingerprint density at radius 2 is 2.09 bits per heavy atom. The fourth-order valence-electron chi connectivity index (χ4n) is 5.21. The zero-order valence-electron chi connectivity index (χ0n) is 20.5. The van der Waals surface area contributed by atoms with Crippen molar-refractivity contribution in [2.75, 3.05) is 44.9 Å². The van der Waals surface area contributed by atoms with Gasteiger partial charge in [-0.1, -0.05) is 6.07 Å². The Balaban J connectivity index is 1.48. The smallest absolute Gasteiger partial charge is 0.119 e. The summed E-state index contributed by atoms with van der Waals surface area (Å²) in [5.41, 5.74) is 3.48. The SMILES string of the molecule is COc1ccc2ncc(N(C)C)c(CCCC3(C(O)CCSc4cccs4)CCNCC3)c2c1. The molecule has 1 aromatic carbocycles. The third kappa shape index (κ3) is 5.88. The van der Waals surface area contributed by atoms with Gasteiger partial charge in [-0.3, -0.25) is 4.98 Å². The average molecular weight is 500 g/mol. The van der Waals surface area contributed by atoms with Gasteiger partial charge in [-0.25, -0.2) is 0 Å². The number of piperidine rings is 1. The molecule has 3 aromatic rings. The minimum atomic E-state index is -0.260. The molecule has 1 aliphatic heterocycles. The van der Waals surface area contributed by atoms with Crippen LogP contribution in [0.1, 0.15) is 37.7 Å². The number of methoxy groups -OCH3 is 1. The van der Waals surface area contributed by atoms with Gasteiger partial charge in [0.2, 0.25) is 0 Å². The van der Waals surface area contributed by atoms with Crippen molar-refractivity contribution in [3.8, 4) is 5.75 Å². The van der Waals surface area contributed by atoms with Gasteiger partial charge in [-0.2, -0.15) is 0 Å². The summed E-state index contributed by atoms with van der Waals surface area (Å²) in [7, 11) is 5.87. The van der Waals surface area contributed by atoms with E-state index in [4.69, 9.17) is 4.74 Å². The number of aliphatic hydroxyl groups is 1. The number of fused-ring (bicyclic) bond motifs is 1. The molecule has 0 saturated carbocycles. The van der Waals surface area contributed by atoms with Crippen LogP contribution in [0, 0.1) is 5.41 Å². The molecule has 1 unspecified atom stereocenters. The molecule has 0 radical (unpaired) electrons. The normalized spacial score (nSPS) is 16.5. The van der Waals surface area contributed by atoms with Gasteiger partial charge in [0.05, 0.1) is 34.8 Å². The summed E-state index contributed by atoms with van der Waals surface area (Å²) in [5, 5.41) is 18.1. The highest BCUT2D eigenvalue weighted by Crippen LogP contribution is 2.41. The van der Waals surface area contributed by atoms with Gasteiger partial charge in [0, 0.05) is 25.2 Å². The van der Waals surface area contributed by atoms with Crippen molar-refractivity contribution in [1.82, 2.24) is 10.3 Å². The van der Waals surface area contributed by atoms with E-state index in [-0.39, 0.29) is 11.5 Å². The van der Waals surface area contributed by atoms with Gasteiger partial charge in [0.1, 0.15) is 5.75 Å². The van der Waals surface area contributed by atoms with Crippen molar-refractivity contribution in [2.24, 2.45) is 5.41 Å². The molecule has 1 aliphatic rings. The number of nitrogens with one attached hydrogen (secondary N) is 1. The lowest BCUT2D eigenvalue weighted by molar-refractivity contribution is -0.00827. The van der Waals surface area contributed by atoms with Crippen LogP contribution in [0.2, 0.25) is 0 Å². The van der Waals surface area contributed by atoms with Crippen LogP contribution in [0.5, 0.6) is 5.75 Å². The van der Waals surface area contributed by atoms with E-state index in [2.05, 4.69) is 52.9 Å². The summed E-state index contributed by atoms with van der Waals surface area (Å²) in [6.07, 6.45) is 7.72. The number of ether oxygens (including phenoxy) is 1. The summed E-state index contributed by atoms with van der Waals surface area (Å²) in [6.45, 7) is 1.99. The molecule has 2 N–H and O–H groups in total. The number of anilines is 1. The van der Waals surface area contributed by atoms with Crippen LogP contribution in [0.3, 0.4) is 0 Å². The van der Waals surface area contributed by atoms with Crippen LogP contribution >= 0.6 is 23.1 Å². The molecule has 1 atom stereocenters. The lowest BCUT2D eigenvalue weighted by atomic mass is 9.70. The molecule has 0 spiro atoms. The minimum Gasteiger partial charge on any atom is -0.497 e. The lowest BCUT2D eigenvalue weighted by Gasteiger charge is -2.42. The van der Waals surface area contributed by atoms with E-state index >= 15 is 0 Å². The molecule has 5 nitrogen and oxygen atoms in total. The Bertz CT molecular complexity index is 1050. The Morgan fingerprint density at radius 3 is 2.79 bits per heavy atom. The molecule has 0 bridgehead atoms. The molecule has 1 fully saturated rings. The third-order valence-corrected chi connectivity index (χ3v) is 9.35. The second-order valence-electron chi connectivity index (χ2n) is 9.45. The average Bonchev–Trinajstić information content (AvgIpc) is 3.37. The van der Waals surface area contributed by atoms with Gasteiger partial charge >= 0.3 is 0 Å². The fourth-order valence-corrected chi connectivity index (χ4v) is 7.06. The van der Waals surface area contributed by atoms with Crippen LogP contribution in [-0.2, 0) is 6.42 Å². The summed E-state index contributed by atoms with van der Waals surface area (Å²) >= 11 is 3.65. The van der Waals surface area contributed by atoms with Crippen LogP contribution in [0.4, 0.5) is 5.69 Å². The second-order valence-corrected chi connectivity index (χ2v) is 11.8. The van der Waals surface area contributed by atoms with Crippen molar-refractivity contribution in [3.63, 3.8) is 0 Å². The van der Waals surface area contributed by atoms with Crippen LogP contribution < -0.4 is 15.0 Å². The predicted molar refractivity (Wildman–Crippen MR) is 146 cm³/mol. The van der Waals surface area contributed by atoms with Gasteiger partial charge in [0.15, 0.2) is 0 Å². The van der Waals surface area contributed by atoms with Gasteiger partial charge in [-0.05, 0) is 92.2 Å². The quantitative estimate of drug-likeness (QED) is 0.335. The Kier molecular flexibility index (Phi) is 8.75. The number of thiophene rings is 1. The summed E-state index contributed by atoms with van der Waals surface area (Å²) < 4.78 is 6.84. The highest BCUT2D eigenvalue weighted by atomic mass is 32.2. The molecule has 4 rings (SSSR count). The van der Waals surface area contributed by atoms with Crippen LogP contribution in [0.25, 0.3) is 10.9 Å². The molecular formula is C27H37N3O2S2. The number of hydrogen-bond acceptors (Lipinski definition) is 7. The second kappa shape index (κ2) is 11.8. The van der Waals surface area contributed by atoms with Crippen molar-refractivity contribution in [3.05, 3.63) is 47.5 Å². The monoisotopic (exact) mass is 499 g/mol. The molecule has 0 amide bonds. The zero-order chi connectivity index (χ0) is 24.0. The van der Waals surface area contributed by atoms with Crippen molar-refractivity contribution in [2.45, 2.75) is 48.8 Å². The highest BCUT2D eigenvalue weighted by Gasteiger charge is 2.38. The number of pyridine rings is 1. The first-order chi connectivity index (χ1) is 16.5. The summed E-state index contributed by atoms with van der Waals surface area (Å²) in [5.74, 6) is 1.83. The van der Waals surface area contributed by atoms with Crippen molar-refractivity contribution in [1.29, 1.82) is 0 Å². The van der Waals surface area contributed by atoms with Crippen molar-refractivity contribution >= 4 is 39.7 Å². The van der Waals surface area contributed by atoms with E-state index in [9.17, 15) is 5.11 Å². The Hall–Kier alpha value is -1.80. The molecule has 7 heteroatoms. The van der Waals surface area contributed by atoms with E-state index in [1.54, 1.807) is 18.4 Å². The van der Waals surface area contributed by atoms with Gasteiger partial charge < -0.3 is 20.1 Å². The summed E-state index contributed by atoms with van der Waals surface area (Å²) in [6, 6.07) is 10.4. The Labute approximate surface area is 211 Å². The number of hydrogen-bond donors (Lipinski definition) is 2. The van der Waals surface area contributed by atoms with E-state index < -0.39 is 0 Å². The number of thioether (sulfide) groups is 1. The van der Waals surface area contributed by atoms with Crippen LogP contribution in [0.15, 0.2) is 46.1 Å². The number of aromatic nitrogens is 1. The first-order valence-electron chi connectivity index (χ1n) is 12.2. The van der Waals surface area contributed by atoms with E-state index in [0.717, 1.165) is 79.7 Å². The number of nitrogens with zero attached hydrogens (tertiary/aromatic N) is 2. The molecule has 2 aromatic heterocycles. The first-order valence-corrected chi connectivity index (χ1v) is 14.1. The molecule has 3 heterocycles. The van der Waals surface area contributed by atoms with Gasteiger partial charge in [-0.15, -0.1) is 23.1 Å². The minimum absolute atomic E-state index is 0.0000629. The maximum atomic E-state index is 11.4. The predicted octanol–water partition coefficient (Wildman–Crippen LogP) is 5.61. The summed E-state index contributed by atoms with van der Waals surface area (Å²) in [4.78, 5) is 6.84. The number of aliphatic hydroxyl groups excluding tert-OH is 1. The topological polar surface area (TPSA) is 57.6 Å². The maximum absolute atomic E-state index is 11.4. The lowest BCUT2D eigenvalue weighted by Crippen LogP contribution is -2.44. The van der Waals surface area contributed by atoms with Crippen LogP contribution in [-0.4, -0.2) is 56.2 Å². The standard InChI is InChI=1S/C27H37N3O2S2/c1-30(2)24-19-29-23-9-8-20(32-3)18-22(23)21(24)6-4-11-27(12-14-28-15-13-27)25(31)10-17-34-26-7-5-16-33-26/h5,7-9,16,18-19,25,28,31H,4,6,10-15,17H2,1-3H3. The number of benzene rings is 1. The molecule has 34 heavy (non-hydrogen) atoms. The highest BCUT2D eigenvalue weighted by molar-refractivity contribution is 8.01. The number of rotatable bonds is 11. The third-order valence-electron chi connectivity index (χ3n) is 7.18. The number of aryl methyl sites for hydroxylation is 1. The molecule has 0 aliphatic carbocycles. The largest absolute Gasteiger partial charge is 0.497 e. The van der Waals surface area contributed by atoms with E-state index in [0.29, 0.717) is 0 Å². The molecule has 184 valence electrons. The van der Waals surface area contributed by atoms with E-state index in [1.807, 2.05) is 30.1 Å². The fraction of sp³-hybridized carbons (Fsp3) is 0.519. The van der Waals surface area contributed by atoms with Crippen molar-refractivity contribution < 1.29 is 9.84 Å². The molecular weight excluding hydrogens is 462 g/mol. The first kappa shape index (κ1) is 25.3. The van der Waals surface area contributed by atoms with E-state index in [1.165, 1.54) is 9.77 Å². The maximum Gasteiger partial charge on any atom is 0.119 e. The van der Waals surface area contributed by atoms with Gasteiger partial charge in [0.25, 0.3) is 0 Å². The molecule has 1 saturated heterocycles.